The normalized spacial score (nSPS) is 11.8. The van der Waals surface area contributed by atoms with Gasteiger partial charge in [0, 0.05) is 0 Å². The van der Waals surface area contributed by atoms with Crippen LogP contribution in [0.1, 0.15) is 0 Å². The summed E-state index contributed by atoms with van der Waals surface area (Å²) in [5.74, 6) is 0.494. The van der Waals surface area contributed by atoms with Crippen molar-refractivity contribution in [1.29, 1.82) is 0 Å². The molecule has 0 atom stereocenters. The summed E-state index contributed by atoms with van der Waals surface area (Å²) >= 11 is 1.54. The van der Waals surface area contributed by atoms with Crippen LogP contribution in [0.15, 0.2) is 139 Å². The van der Waals surface area contributed by atoms with Crippen LogP contribution in [-0.4, -0.2) is 21.2 Å². The van der Waals surface area contributed by atoms with E-state index in [0.717, 1.165) is 33.5 Å². The van der Waals surface area contributed by atoms with Gasteiger partial charge in [-0.15, -0.1) is 0 Å². The quantitative estimate of drug-likeness (QED) is 0.154. The van der Waals surface area contributed by atoms with E-state index >= 15 is 0 Å². The Labute approximate surface area is 238 Å². The standard InChI is InChI=1S/C33H28FN4PS/c1-40-33-36-31(24-17-19-26(34)20-18-24)32(37-33)25-21-22-35-30(23-25)38-39(27-11-5-2-6-12-27,28-13-7-3-8-14-28)29-15-9-4-10-16-29/h2-23,39H,1H3,(H,35,38)(H,36,37). The van der Waals surface area contributed by atoms with Gasteiger partial charge in [0.05, 0.1) is 0 Å². The molecule has 0 amide bonds. The van der Waals surface area contributed by atoms with Crippen molar-refractivity contribution >= 4 is 40.9 Å². The van der Waals surface area contributed by atoms with Crippen LogP contribution in [0.25, 0.3) is 22.5 Å². The van der Waals surface area contributed by atoms with E-state index in [-0.39, 0.29) is 5.82 Å². The molecule has 0 fully saturated rings. The van der Waals surface area contributed by atoms with Crippen LogP contribution in [0.5, 0.6) is 0 Å². The van der Waals surface area contributed by atoms with Gasteiger partial charge in [0.2, 0.25) is 0 Å². The molecular formula is C33H28FN4PS. The Bertz CT molecular complexity index is 1610. The zero-order chi connectivity index (χ0) is 27.4. The number of hydrogen-bond donors (Lipinski definition) is 2. The molecule has 6 rings (SSSR count). The first-order valence-electron chi connectivity index (χ1n) is 13.0. The summed E-state index contributed by atoms with van der Waals surface area (Å²) in [5, 5.41) is 8.47. The molecule has 7 heteroatoms. The number of thioether (sulfide) groups is 1. The van der Waals surface area contributed by atoms with Gasteiger partial charge < -0.3 is 0 Å². The predicted octanol–water partition coefficient (Wildman–Crippen LogP) is 7.05. The predicted molar refractivity (Wildman–Crippen MR) is 169 cm³/mol. The Kier molecular flexibility index (Phi) is 7.45. The number of anilines is 1. The average molecular weight is 563 g/mol. The first-order valence-corrected chi connectivity index (χ1v) is 16.2. The Hall–Kier alpha value is -4.25. The molecule has 0 spiro atoms. The Morgan fingerprint density at radius 1 is 0.700 bits per heavy atom. The number of imidazole rings is 1. The van der Waals surface area contributed by atoms with E-state index in [2.05, 4.69) is 107 Å². The Morgan fingerprint density at radius 3 is 1.77 bits per heavy atom. The zero-order valence-corrected chi connectivity index (χ0v) is 23.7. The number of halogens is 1. The van der Waals surface area contributed by atoms with Crippen LogP contribution in [0.4, 0.5) is 10.2 Å². The van der Waals surface area contributed by atoms with Gasteiger partial charge in [0.25, 0.3) is 0 Å². The molecule has 2 heterocycles. The zero-order valence-electron chi connectivity index (χ0n) is 21.9. The molecule has 0 unspecified atom stereocenters. The van der Waals surface area contributed by atoms with Crippen molar-refractivity contribution in [3.63, 3.8) is 0 Å². The number of benzene rings is 4. The van der Waals surface area contributed by atoms with Crippen LogP contribution < -0.4 is 21.0 Å². The summed E-state index contributed by atoms with van der Waals surface area (Å²) in [6.45, 7) is 0. The molecule has 0 saturated carbocycles. The van der Waals surface area contributed by atoms with Crippen LogP contribution in [0, 0.1) is 5.82 Å². The molecule has 4 nitrogen and oxygen atoms in total. The summed E-state index contributed by atoms with van der Waals surface area (Å²) in [7, 11) is -2.76. The molecule has 40 heavy (non-hydrogen) atoms. The maximum atomic E-state index is 13.7. The second kappa shape index (κ2) is 11.5. The molecule has 0 aliphatic carbocycles. The minimum absolute atomic E-state index is 0.269. The fraction of sp³-hybridized carbons (Fsp3) is 0.0303. The number of aromatic amines is 1. The third-order valence-corrected chi connectivity index (χ3v) is 11.8. The molecule has 0 radical (unpaired) electrons. The van der Waals surface area contributed by atoms with Crippen molar-refractivity contribution in [3.05, 3.63) is 139 Å². The molecule has 2 N–H and O–H groups in total. The number of nitrogens with zero attached hydrogens (tertiary/aromatic N) is 2. The molecular weight excluding hydrogens is 534 g/mol. The molecule has 0 bridgehead atoms. The maximum absolute atomic E-state index is 13.7. The summed E-state index contributed by atoms with van der Waals surface area (Å²) in [6, 6.07) is 42.4. The van der Waals surface area contributed by atoms with Gasteiger partial charge >= 0.3 is 239 Å². The number of aromatic nitrogens is 3. The summed E-state index contributed by atoms with van der Waals surface area (Å²) in [4.78, 5) is 13.1. The van der Waals surface area contributed by atoms with Crippen LogP contribution in [0.2, 0.25) is 0 Å². The van der Waals surface area contributed by atoms with Crippen molar-refractivity contribution in [2.75, 3.05) is 11.3 Å². The van der Waals surface area contributed by atoms with Crippen LogP contribution in [-0.2, 0) is 0 Å². The number of pyridine rings is 1. The number of rotatable bonds is 8. The first kappa shape index (κ1) is 26.0. The second-order valence-electron chi connectivity index (χ2n) is 9.38. The SMILES string of the molecule is CSc1nc(-c2ccnc(N[PH](c3ccccc3)(c3ccccc3)c3ccccc3)c2)c(-c2ccc(F)cc2)[nH]1. The van der Waals surface area contributed by atoms with Crippen molar-refractivity contribution in [2.24, 2.45) is 0 Å². The van der Waals surface area contributed by atoms with Gasteiger partial charge in [-0.2, -0.15) is 0 Å². The third kappa shape index (κ3) is 5.04. The average Bonchev–Trinajstić information content (AvgIpc) is 3.46. The summed E-state index contributed by atoms with van der Waals surface area (Å²) in [5.41, 5.74) is 3.44. The third-order valence-electron chi connectivity index (χ3n) is 6.98. The Balaban J connectivity index is 1.51. The molecule has 0 aliphatic rings. The topological polar surface area (TPSA) is 53.6 Å². The van der Waals surface area contributed by atoms with Gasteiger partial charge in [-0.05, 0) is 0 Å². The fourth-order valence-electron chi connectivity index (χ4n) is 5.10. The van der Waals surface area contributed by atoms with Crippen LogP contribution in [0.3, 0.4) is 0 Å². The van der Waals surface area contributed by atoms with Crippen molar-refractivity contribution in [3.8, 4) is 22.5 Å². The first-order chi connectivity index (χ1) is 19.7. The van der Waals surface area contributed by atoms with E-state index in [1.807, 2.05) is 18.5 Å². The van der Waals surface area contributed by atoms with Crippen molar-refractivity contribution in [1.82, 2.24) is 15.0 Å². The molecule has 0 aliphatic heterocycles. The molecule has 4 aromatic carbocycles. The summed E-state index contributed by atoms with van der Waals surface area (Å²) < 4.78 is 13.7. The molecule has 198 valence electrons. The van der Waals surface area contributed by atoms with Gasteiger partial charge in [0.1, 0.15) is 0 Å². The minimum atomic E-state index is -2.76. The summed E-state index contributed by atoms with van der Waals surface area (Å²) in [6.07, 6.45) is 3.80. The van der Waals surface area contributed by atoms with E-state index in [1.54, 1.807) is 12.1 Å². The van der Waals surface area contributed by atoms with Gasteiger partial charge in [-0.1, -0.05) is 0 Å². The Morgan fingerprint density at radius 2 is 1.25 bits per heavy atom. The monoisotopic (exact) mass is 562 g/mol. The van der Waals surface area contributed by atoms with Gasteiger partial charge in [-0.25, -0.2) is 0 Å². The molecule has 2 aromatic heterocycles. The fourth-order valence-corrected chi connectivity index (χ4v) is 9.52. The number of hydrogen-bond acceptors (Lipinski definition) is 4. The van der Waals surface area contributed by atoms with E-state index in [9.17, 15) is 4.39 Å². The van der Waals surface area contributed by atoms with E-state index < -0.39 is 7.41 Å². The van der Waals surface area contributed by atoms with E-state index in [4.69, 9.17) is 9.97 Å². The van der Waals surface area contributed by atoms with Crippen molar-refractivity contribution in [2.45, 2.75) is 5.16 Å². The molecule has 0 saturated heterocycles. The van der Waals surface area contributed by atoms with Gasteiger partial charge in [0.15, 0.2) is 0 Å². The number of H-pyrrole nitrogens is 1. The van der Waals surface area contributed by atoms with Gasteiger partial charge in [-0.3, -0.25) is 0 Å². The van der Waals surface area contributed by atoms with Crippen LogP contribution >= 0.6 is 19.2 Å². The second-order valence-corrected chi connectivity index (χ2v) is 13.7. The number of nitrogens with one attached hydrogen (secondary N) is 2. The van der Waals surface area contributed by atoms with Crippen molar-refractivity contribution < 1.29 is 4.39 Å². The molecule has 6 aromatic rings. The van der Waals surface area contributed by atoms with E-state index in [0.29, 0.717) is 0 Å². The van der Waals surface area contributed by atoms with E-state index in [1.165, 1.54) is 39.8 Å².